The molecule has 2 rings (SSSR count). The van der Waals surface area contributed by atoms with E-state index in [2.05, 4.69) is 38.1 Å². The summed E-state index contributed by atoms with van der Waals surface area (Å²) in [7, 11) is 0. The Morgan fingerprint density at radius 2 is 1.56 bits per heavy atom. The molecule has 0 atom stereocenters. The molecule has 0 aliphatic rings. The molecule has 1 N–H and O–H groups in total. The van der Waals surface area contributed by atoms with Crippen LogP contribution in [0.3, 0.4) is 0 Å². The summed E-state index contributed by atoms with van der Waals surface area (Å²) >= 11 is 1.78. The fraction of sp³-hybridized carbons (Fsp3) is 0.250. The molecule has 2 aromatic carbocycles. The van der Waals surface area contributed by atoms with Crippen molar-refractivity contribution in [3.63, 3.8) is 0 Å². The van der Waals surface area contributed by atoms with Crippen molar-refractivity contribution in [2.24, 2.45) is 0 Å². The highest BCUT2D eigenvalue weighted by molar-refractivity contribution is 7.99. The van der Waals surface area contributed by atoms with E-state index in [1.807, 2.05) is 19.9 Å². The van der Waals surface area contributed by atoms with Gasteiger partial charge in [-0.2, -0.15) is 0 Å². The van der Waals surface area contributed by atoms with Crippen LogP contribution in [-0.4, -0.2) is 5.11 Å². The molecule has 0 bridgehead atoms. The number of phenolic OH excluding ortho intramolecular Hbond substituents is 1. The highest BCUT2D eigenvalue weighted by Crippen LogP contribution is 2.38. The zero-order valence-electron chi connectivity index (χ0n) is 11.2. The van der Waals surface area contributed by atoms with Crippen LogP contribution in [0.25, 0.3) is 0 Å². The van der Waals surface area contributed by atoms with Gasteiger partial charge in [-0.1, -0.05) is 30.0 Å². The predicted octanol–water partition coefficient (Wildman–Crippen LogP) is 4.78. The molecule has 0 radical (unpaired) electrons. The van der Waals surface area contributed by atoms with Crippen molar-refractivity contribution >= 4 is 11.8 Å². The summed E-state index contributed by atoms with van der Waals surface area (Å²) in [4.78, 5) is 2.52. The third kappa shape index (κ3) is 2.39. The van der Waals surface area contributed by atoms with Gasteiger partial charge in [-0.25, -0.2) is 0 Å². The second-order valence-electron chi connectivity index (χ2n) is 4.66. The molecule has 0 saturated carbocycles. The van der Waals surface area contributed by atoms with Gasteiger partial charge in [0.2, 0.25) is 0 Å². The number of aromatic hydroxyl groups is 1. The highest BCUT2D eigenvalue weighted by Gasteiger charge is 2.11. The molecule has 0 aliphatic carbocycles. The largest absolute Gasteiger partial charge is 0.508 e. The van der Waals surface area contributed by atoms with Crippen LogP contribution in [0.15, 0.2) is 40.1 Å². The molecular weight excluding hydrogens is 240 g/mol. The average Bonchev–Trinajstić information content (AvgIpc) is 2.34. The van der Waals surface area contributed by atoms with Gasteiger partial charge < -0.3 is 5.11 Å². The third-order valence-electron chi connectivity index (χ3n) is 3.30. The fourth-order valence-electron chi connectivity index (χ4n) is 1.97. The summed E-state index contributed by atoms with van der Waals surface area (Å²) in [5.74, 6) is 0.388. The number of rotatable bonds is 2. The first-order valence-electron chi connectivity index (χ1n) is 6.04. The molecule has 0 spiro atoms. The van der Waals surface area contributed by atoms with E-state index in [0.717, 1.165) is 11.1 Å². The number of benzene rings is 2. The summed E-state index contributed by atoms with van der Waals surface area (Å²) < 4.78 is 0. The summed E-state index contributed by atoms with van der Waals surface area (Å²) in [5, 5.41) is 9.82. The molecule has 0 fully saturated rings. The number of phenols is 1. The molecule has 0 aromatic heterocycles. The highest BCUT2D eigenvalue weighted by atomic mass is 32.2. The van der Waals surface area contributed by atoms with Gasteiger partial charge in [-0.05, 0) is 62.1 Å². The molecule has 0 unspecified atom stereocenters. The van der Waals surface area contributed by atoms with E-state index in [9.17, 15) is 5.11 Å². The molecule has 0 aliphatic heterocycles. The van der Waals surface area contributed by atoms with Crippen molar-refractivity contribution < 1.29 is 5.11 Å². The molecule has 2 heteroatoms. The Morgan fingerprint density at radius 1 is 0.889 bits per heavy atom. The van der Waals surface area contributed by atoms with E-state index in [4.69, 9.17) is 0 Å². The second kappa shape index (κ2) is 5.07. The van der Waals surface area contributed by atoms with Crippen molar-refractivity contribution in [2.75, 3.05) is 0 Å². The Labute approximate surface area is 113 Å². The van der Waals surface area contributed by atoms with Crippen LogP contribution in [0.5, 0.6) is 5.75 Å². The first-order chi connectivity index (χ1) is 8.50. The molecular formula is C16H18OS. The number of hydrogen-bond acceptors (Lipinski definition) is 2. The van der Waals surface area contributed by atoms with Crippen molar-refractivity contribution in [2.45, 2.75) is 37.5 Å². The zero-order chi connectivity index (χ0) is 13.3. The molecule has 1 nitrogen and oxygen atoms in total. The molecule has 2 aromatic rings. The predicted molar refractivity (Wildman–Crippen MR) is 77.6 cm³/mol. The average molecular weight is 258 g/mol. The first kappa shape index (κ1) is 13.0. The van der Waals surface area contributed by atoms with Gasteiger partial charge in [0.1, 0.15) is 5.75 Å². The lowest BCUT2D eigenvalue weighted by atomic mass is 10.1. The molecule has 0 amide bonds. The second-order valence-corrected chi connectivity index (χ2v) is 5.71. The van der Waals surface area contributed by atoms with E-state index < -0.39 is 0 Å². The van der Waals surface area contributed by atoms with Crippen LogP contribution in [0.1, 0.15) is 22.3 Å². The van der Waals surface area contributed by atoms with Gasteiger partial charge in [0.05, 0.1) is 0 Å². The monoisotopic (exact) mass is 258 g/mol. The summed E-state index contributed by atoms with van der Waals surface area (Å²) in [6.07, 6.45) is 0. The van der Waals surface area contributed by atoms with Crippen molar-refractivity contribution in [3.8, 4) is 5.75 Å². The zero-order valence-corrected chi connectivity index (χ0v) is 12.1. The van der Waals surface area contributed by atoms with Crippen LogP contribution in [0.4, 0.5) is 0 Å². The van der Waals surface area contributed by atoms with Crippen LogP contribution in [0.2, 0.25) is 0 Å². The van der Waals surface area contributed by atoms with Crippen LogP contribution in [0, 0.1) is 27.7 Å². The normalized spacial score (nSPS) is 10.7. The lowest BCUT2D eigenvalue weighted by molar-refractivity contribution is 0.469. The number of hydrogen-bond donors (Lipinski definition) is 1. The van der Waals surface area contributed by atoms with Gasteiger partial charge in [0, 0.05) is 9.79 Å². The molecule has 0 saturated heterocycles. The minimum absolute atomic E-state index is 0.388. The van der Waals surface area contributed by atoms with Gasteiger partial charge >= 0.3 is 0 Å². The molecule has 0 heterocycles. The minimum Gasteiger partial charge on any atom is -0.508 e. The fourth-order valence-corrected chi connectivity index (χ4v) is 3.10. The van der Waals surface area contributed by atoms with E-state index in [1.165, 1.54) is 20.9 Å². The first-order valence-corrected chi connectivity index (χ1v) is 6.85. The summed E-state index contributed by atoms with van der Waals surface area (Å²) in [6, 6.07) is 10.2. The Bertz CT molecular complexity index is 588. The minimum atomic E-state index is 0.388. The maximum Gasteiger partial charge on any atom is 0.119 e. The van der Waals surface area contributed by atoms with E-state index in [-0.39, 0.29) is 0 Å². The van der Waals surface area contributed by atoms with Gasteiger partial charge in [-0.3, -0.25) is 0 Å². The number of aryl methyl sites for hydroxylation is 2. The van der Waals surface area contributed by atoms with Crippen molar-refractivity contribution in [1.82, 2.24) is 0 Å². The van der Waals surface area contributed by atoms with Gasteiger partial charge in [-0.15, -0.1) is 0 Å². The lowest BCUT2D eigenvalue weighted by Crippen LogP contribution is -1.91. The Kier molecular flexibility index (Phi) is 3.67. The van der Waals surface area contributed by atoms with Gasteiger partial charge in [0.15, 0.2) is 0 Å². The van der Waals surface area contributed by atoms with E-state index >= 15 is 0 Å². The van der Waals surface area contributed by atoms with E-state index in [1.54, 1.807) is 11.8 Å². The van der Waals surface area contributed by atoms with E-state index in [0.29, 0.717) is 5.75 Å². The maximum absolute atomic E-state index is 9.82. The lowest BCUT2D eigenvalue weighted by Gasteiger charge is -2.14. The van der Waals surface area contributed by atoms with Gasteiger partial charge in [0.25, 0.3) is 0 Å². The quantitative estimate of drug-likeness (QED) is 0.836. The topological polar surface area (TPSA) is 20.2 Å². The third-order valence-corrected chi connectivity index (χ3v) is 4.81. The van der Waals surface area contributed by atoms with Crippen LogP contribution < -0.4 is 0 Å². The molecule has 94 valence electrons. The van der Waals surface area contributed by atoms with Crippen molar-refractivity contribution in [1.29, 1.82) is 0 Å². The smallest absolute Gasteiger partial charge is 0.119 e. The standard InChI is InChI=1S/C16H18OS/c1-10-7-5-6-8-15(10)18-16-11(2)9-14(17)12(3)13(16)4/h5-9,17H,1-4H3. The Balaban J connectivity index is 2.47. The Hall–Kier alpha value is -1.41. The molecule has 18 heavy (non-hydrogen) atoms. The Morgan fingerprint density at radius 3 is 2.22 bits per heavy atom. The summed E-state index contributed by atoms with van der Waals surface area (Å²) in [5.41, 5.74) is 4.55. The van der Waals surface area contributed by atoms with Crippen molar-refractivity contribution in [3.05, 3.63) is 52.6 Å². The van der Waals surface area contributed by atoms with Crippen LogP contribution >= 0.6 is 11.8 Å². The summed E-state index contributed by atoms with van der Waals surface area (Å²) in [6.45, 7) is 8.21. The maximum atomic E-state index is 9.82. The SMILES string of the molecule is Cc1ccccc1Sc1c(C)cc(O)c(C)c1C. The van der Waals surface area contributed by atoms with Crippen LogP contribution in [-0.2, 0) is 0 Å².